The van der Waals surface area contributed by atoms with Crippen molar-refractivity contribution in [2.75, 3.05) is 14.2 Å². The van der Waals surface area contributed by atoms with Crippen LogP contribution in [0, 0.1) is 0 Å². The van der Waals surface area contributed by atoms with Gasteiger partial charge in [0.1, 0.15) is 0 Å². The summed E-state index contributed by atoms with van der Waals surface area (Å²) in [7, 11) is 3.30. The van der Waals surface area contributed by atoms with Crippen molar-refractivity contribution in [3.8, 4) is 33.8 Å². The molecule has 0 spiro atoms. The number of benzene rings is 4. The van der Waals surface area contributed by atoms with E-state index in [1.165, 1.54) is 0 Å². The SMILES string of the molecule is COc1ccc2c(cc[n+]3cc4cc(CO)c(CO)cc4c(-c4ccc(-c5ccccc5)cc4)c23)c1OC. The first-order valence-electron chi connectivity index (χ1n) is 12.5. The molecule has 0 aliphatic rings. The van der Waals surface area contributed by atoms with Crippen LogP contribution in [0.25, 0.3) is 49.3 Å². The van der Waals surface area contributed by atoms with Crippen LogP contribution in [0.1, 0.15) is 11.1 Å². The van der Waals surface area contributed by atoms with E-state index in [4.69, 9.17) is 9.47 Å². The van der Waals surface area contributed by atoms with Gasteiger partial charge in [-0.3, -0.25) is 0 Å². The number of ether oxygens (including phenoxy) is 2. The summed E-state index contributed by atoms with van der Waals surface area (Å²) >= 11 is 0. The molecule has 0 aliphatic carbocycles. The van der Waals surface area contributed by atoms with Crippen LogP contribution in [-0.2, 0) is 13.2 Å². The molecule has 0 radical (unpaired) electrons. The Hall–Kier alpha value is -4.45. The van der Waals surface area contributed by atoms with Gasteiger partial charge in [0.2, 0.25) is 5.52 Å². The first-order valence-corrected chi connectivity index (χ1v) is 12.5. The summed E-state index contributed by atoms with van der Waals surface area (Å²) in [6.07, 6.45) is 4.10. The number of aromatic nitrogens is 1. The van der Waals surface area contributed by atoms with Crippen molar-refractivity contribution in [2.45, 2.75) is 13.2 Å². The molecule has 2 N–H and O–H groups in total. The lowest BCUT2D eigenvalue weighted by molar-refractivity contribution is -0.508. The summed E-state index contributed by atoms with van der Waals surface area (Å²) < 4.78 is 13.5. The normalized spacial score (nSPS) is 11.4. The van der Waals surface area contributed by atoms with Crippen LogP contribution in [0.15, 0.2) is 97.3 Å². The standard InChI is InChI=1S/C33H28NO4/c1-37-30-13-12-27-28(33(30)38-2)14-15-34-18-24-16-25(19-35)26(20-36)17-29(24)31(32(27)34)23-10-8-22(9-11-23)21-6-4-3-5-7-21/h3-18,35-36H,19-20H2,1-2H3/q+1. The molecular formula is C33H28NO4+. The molecule has 0 fully saturated rings. The van der Waals surface area contributed by atoms with Crippen LogP contribution in [0.5, 0.6) is 11.5 Å². The third-order valence-corrected chi connectivity index (χ3v) is 7.28. The molecule has 188 valence electrons. The fraction of sp³-hybridized carbons (Fsp3) is 0.121. The maximum atomic E-state index is 10.1. The number of hydrogen-bond donors (Lipinski definition) is 2. The van der Waals surface area contributed by atoms with Gasteiger partial charge in [-0.25, -0.2) is 0 Å². The quantitative estimate of drug-likeness (QED) is 0.165. The van der Waals surface area contributed by atoms with Gasteiger partial charge >= 0.3 is 0 Å². The van der Waals surface area contributed by atoms with E-state index < -0.39 is 0 Å². The van der Waals surface area contributed by atoms with E-state index in [0.29, 0.717) is 17.1 Å². The summed E-state index contributed by atoms with van der Waals surface area (Å²) in [4.78, 5) is 0. The monoisotopic (exact) mass is 502 g/mol. The molecule has 0 bridgehead atoms. The topological polar surface area (TPSA) is 63.0 Å². The zero-order chi connectivity index (χ0) is 26.2. The van der Waals surface area contributed by atoms with Gasteiger partial charge in [0.05, 0.1) is 38.4 Å². The summed E-state index contributed by atoms with van der Waals surface area (Å²) in [6, 6.07) is 28.9. The molecule has 0 amide bonds. The zero-order valence-corrected chi connectivity index (χ0v) is 21.3. The summed E-state index contributed by atoms with van der Waals surface area (Å²) in [5, 5.41) is 24.0. The Bertz CT molecular complexity index is 1790. The number of fused-ring (bicyclic) bond motifs is 4. The third-order valence-electron chi connectivity index (χ3n) is 7.28. The molecule has 5 heteroatoms. The van der Waals surface area contributed by atoms with Crippen molar-refractivity contribution in [3.05, 3.63) is 108 Å². The van der Waals surface area contributed by atoms with E-state index >= 15 is 0 Å². The van der Waals surface area contributed by atoms with Crippen molar-refractivity contribution in [2.24, 2.45) is 0 Å². The molecule has 0 saturated heterocycles. The average Bonchev–Trinajstić information content (AvgIpc) is 2.98. The summed E-state index contributed by atoms with van der Waals surface area (Å²) in [5.41, 5.74) is 6.84. The number of aliphatic hydroxyl groups excluding tert-OH is 2. The highest BCUT2D eigenvalue weighted by molar-refractivity contribution is 6.11. The van der Waals surface area contributed by atoms with Gasteiger partial charge in [-0.2, -0.15) is 4.40 Å². The van der Waals surface area contributed by atoms with E-state index in [9.17, 15) is 10.2 Å². The van der Waals surface area contributed by atoms with Crippen molar-refractivity contribution in [1.29, 1.82) is 0 Å². The Labute approximate surface area is 220 Å². The van der Waals surface area contributed by atoms with E-state index in [-0.39, 0.29) is 13.2 Å². The molecule has 4 aromatic carbocycles. The van der Waals surface area contributed by atoms with Crippen molar-refractivity contribution >= 4 is 27.1 Å². The van der Waals surface area contributed by atoms with Gasteiger partial charge in [-0.15, -0.1) is 0 Å². The highest BCUT2D eigenvalue weighted by atomic mass is 16.5. The molecule has 0 atom stereocenters. The van der Waals surface area contributed by atoms with E-state index in [0.717, 1.165) is 54.9 Å². The van der Waals surface area contributed by atoms with Gasteiger partial charge in [-0.05, 0) is 52.1 Å². The highest BCUT2D eigenvalue weighted by Crippen LogP contribution is 2.41. The lowest BCUT2D eigenvalue weighted by Gasteiger charge is -2.15. The van der Waals surface area contributed by atoms with Gasteiger partial charge in [0.25, 0.3) is 0 Å². The van der Waals surface area contributed by atoms with Crippen LogP contribution in [-0.4, -0.2) is 24.4 Å². The first kappa shape index (κ1) is 23.9. The lowest BCUT2D eigenvalue weighted by Crippen LogP contribution is -2.22. The summed E-state index contributed by atoms with van der Waals surface area (Å²) in [6.45, 7) is -0.283. The third kappa shape index (κ3) is 3.84. The van der Waals surface area contributed by atoms with Crippen LogP contribution < -0.4 is 13.9 Å². The van der Waals surface area contributed by atoms with Gasteiger partial charge < -0.3 is 19.7 Å². The summed E-state index contributed by atoms with van der Waals surface area (Å²) in [5.74, 6) is 1.36. The molecule has 0 aliphatic heterocycles. The molecule has 6 rings (SSSR count). The fourth-order valence-corrected chi connectivity index (χ4v) is 5.42. The second-order valence-corrected chi connectivity index (χ2v) is 9.31. The maximum absolute atomic E-state index is 10.1. The molecule has 0 saturated carbocycles. The second kappa shape index (κ2) is 9.78. The largest absolute Gasteiger partial charge is 0.493 e. The average molecular weight is 503 g/mol. The fourth-order valence-electron chi connectivity index (χ4n) is 5.42. The molecule has 6 aromatic rings. The molecule has 5 nitrogen and oxygen atoms in total. The first-order chi connectivity index (χ1) is 18.7. The molecule has 2 aromatic heterocycles. The zero-order valence-electron chi connectivity index (χ0n) is 21.3. The molecule has 0 unspecified atom stereocenters. The lowest BCUT2D eigenvalue weighted by atomic mass is 9.92. The maximum Gasteiger partial charge on any atom is 0.227 e. The Balaban J connectivity index is 1.73. The van der Waals surface area contributed by atoms with Gasteiger partial charge in [0.15, 0.2) is 23.9 Å². The number of aliphatic hydroxyl groups is 2. The number of rotatable bonds is 6. The minimum absolute atomic E-state index is 0.135. The van der Waals surface area contributed by atoms with Crippen LogP contribution >= 0.6 is 0 Å². The Morgan fingerprint density at radius 1 is 0.658 bits per heavy atom. The predicted molar refractivity (Wildman–Crippen MR) is 150 cm³/mol. The Kier molecular flexibility index (Phi) is 6.16. The van der Waals surface area contributed by atoms with Gasteiger partial charge in [0, 0.05) is 22.2 Å². The van der Waals surface area contributed by atoms with Crippen molar-refractivity contribution in [3.63, 3.8) is 0 Å². The van der Waals surface area contributed by atoms with E-state index in [1.54, 1.807) is 14.2 Å². The highest BCUT2D eigenvalue weighted by Gasteiger charge is 2.23. The van der Waals surface area contributed by atoms with Crippen molar-refractivity contribution < 1.29 is 24.1 Å². The minimum Gasteiger partial charge on any atom is -0.493 e. The van der Waals surface area contributed by atoms with Crippen LogP contribution in [0.4, 0.5) is 0 Å². The molecule has 2 heterocycles. The van der Waals surface area contributed by atoms with Crippen molar-refractivity contribution in [1.82, 2.24) is 0 Å². The minimum atomic E-state index is -0.149. The predicted octanol–water partition coefficient (Wildman–Crippen LogP) is 6.07. The molecule has 38 heavy (non-hydrogen) atoms. The van der Waals surface area contributed by atoms with Gasteiger partial charge in [-0.1, -0.05) is 54.6 Å². The number of methoxy groups -OCH3 is 2. The van der Waals surface area contributed by atoms with Crippen LogP contribution in [0.3, 0.4) is 0 Å². The van der Waals surface area contributed by atoms with Crippen LogP contribution in [0.2, 0.25) is 0 Å². The number of nitrogens with zero attached hydrogens (tertiary/aromatic N) is 1. The van der Waals surface area contributed by atoms with E-state index in [1.807, 2.05) is 48.7 Å². The Morgan fingerprint density at radius 2 is 1.34 bits per heavy atom. The second-order valence-electron chi connectivity index (χ2n) is 9.31. The number of hydrogen-bond acceptors (Lipinski definition) is 4. The number of pyridine rings is 2. The Morgan fingerprint density at radius 3 is 2.03 bits per heavy atom. The van der Waals surface area contributed by atoms with E-state index in [2.05, 4.69) is 53.1 Å². The molecular weight excluding hydrogens is 474 g/mol. The smallest absolute Gasteiger partial charge is 0.227 e.